The van der Waals surface area contributed by atoms with Gasteiger partial charge in [0.05, 0.1) is 0 Å². The second-order valence-electron chi connectivity index (χ2n) is 5.95. The van der Waals surface area contributed by atoms with Gasteiger partial charge in [-0.1, -0.05) is 6.07 Å². The lowest BCUT2D eigenvalue weighted by Crippen LogP contribution is -2.30. The van der Waals surface area contributed by atoms with E-state index in [1.54, 1.807) is 0 Å². The molecule has 138 valence electrons. The molecule has 0 aliphatic carbocycles. The molecule has 8 heteroatoms. The number of benzene rings is 2. The van der Waals surface area contributed by atoms with Gasteiger partial charge in [-0.2, -0.15) is 4.98 Å². The molecule has 0 atom stereocenters. The fraction of sp³-hybridized carbons (Fsp3) is 0.105. The number of halogens is 1. The Bertz CT molecular complexity index is 956. The molecule has 0 saturated carbocycles. The molecule has 3 rings (SSSR count). The van der Waals surface area contributed by atoms with E-state index in [1.807, 2.05) is 32.0 Å². The maximum absolute atomic E-state index is 12.9. The summed E-state index contributed by atoms with van der Waals surface area (Å²) in [6.45, 7) is 3.92. The van der Waals surface area contributed by atoms with Crippen molar-refractivity contribution in [1.29, 1.82) is 0 Å². The number of hydrazine groups is 1. The third-order valence-electron chi connectivity index (χ3n) is 3.66. The quantitative estimate of drug-likeness (QED) is 0.598. The number of aromatic nitrogens is 2. The molecule has 0 saturated heterocycles. The first-order valence-electron chi connectivity index (χ1n) is 8.11. The average Bonchev–Trinajstić information content (AvgIpc) is 2.62. The van der Waals surface area contributed by atoms with E-state index in [4.69, 9.17) is 10.5 Å². The van der Waals surface area contributed by atoms with Crippen LogP contribution in [0.1, 0.15) is 21.5 Å². The topological polar surface area (TPSA) is 102 Å². The average molecular weight is 367 g/mol. The Morgan fingerprint density at radius 2 is 1.74 bits per heavy atom. The SMILES string of the molecule is Cc1cc(C)cc(Oc2ncnc(NNC(=O)c3ccc(F)cc3)c2N)c1. The minimum Gasteiger partial charge on any atom is -0.437 e. The number of nitrogen functional groups attached to an aromatic ring is 1. The highest BCUT2D eigenvalue weighted by Crippen LogP contribution is 2.29. The Hall–Kier alpha value is -3.68. The van der Waals surface area contributed by atoms with Crippen LogP contribution < -0.4 is 21.3 Å². The number of anilines is 2. The number of ether oxygens (including phenoxy) is 1. The lowest BCUT2D eigenvalue weighted by Gasteiger charge is -2.13. The Kier molecular flexibility index (Phi) is 5.16. The number of nitrogens with two attached hydrogens (primary N) is 1. The highest BCUT2D eigenvalue weighted by molar-refractivity contribution is 5.95. The largest absolute Gasteiger partial charge is 0.437 e. The van der Waals surface area contributed by atoms with Crippen LogP contribution in [0.4, 0.5) is 15.9 Å². The summed E-state index contributed by atoms with van der Waals surface area (Å²) in [7, 11) is 0. The van der Waals surface area contributed by atoms with Gasteiger partial charge in [0.15, 0.2) is 5.82 Å². The second kappa shape index (κ2) is 7.69. The third-order valence-corrected chi connectivity index (χ3v) is 3.66. The van der Waals surface area contributed by atoms with Crippen LogP contribution >= 0.6 is 0 Å². The van der Waals surface area contributed by atoms with Gasteiger partial charge in [-0.05, 0) is 61.4 Å². The summed E-state index contributed by atoms with van der Waals surface area (Å²) in [4.78, 5) is 20.1. The lowest BCUT2D eigenvalue weighted by molar-refractivity contribution is 0.0962. The van der Waals surface area contributed by atoms with Gasteiger partial charge >= 0.3 is 0 Å². The standard InChI is InChI=1S/C19H18FN5O2/c1-11-7-12(2)9-15(8-11)27-19-16(21)17(22-10-23-19)24-25-18(26)13-3-5-14(20)6-4-13/h3-10H,21H2,1-2H3,(H,25,26)(H,22,23,24). The van der Waals surface area contributed by atoms with Crippen molar-refractivity contribution in [3.63, 3.8) is 0 Å². The van der Waals surface area contributed by atoms with Gasteiger partial charge in [0.25, 0.3) is 5.91 Å². The number of carbonyl (C=O) groups excluding carboxylic acids is 1. The normalized spacial score (nSPS) is 10.3. The zero-order valence-electron chi connectivity index (χ0n) is 14.8. The van der Waals surface area contributed by atoms with Gasteiger partial charge < -0.3 is 10.5 Å². The van der Waals surface area contributed by atoms with Crippen LogP contribution in [0.2, 0.25) is 0 Å². The van der Waals surface area contributed by atoms with Crippen molar-refractivity contribution in [2.75, 3.05) is 11.2 Å². The Labute approximate surface area is 155 Å². The molecule has 7 nitrogen and oxygen atoms in total. The summed E-state index contributed by atoms with van der Waals surface area (Å²) in [5.74, 6) is 0.0464. The molecule has 0 unspecified atom stereocenters. The van der Waals surface area contributed by atoms with Crippen molar-refractivity contribution in [2.45, 2.75) is 13.8 Å². The second-order valence-corrected chi connectivity index (χ2v) is 5.95. The molecule has 0 spiro atoms. The van der Waals surface area contributed by atoms with E-state index >= 15 is 0 Å². The molecule has 0 aliphatic heterocycles. The van der Waals surface area contributed by atoms with Crippen LogP contribution in [0.25, 0.3) is 0 Å². The van der Waals surface area contributed by atoms with Crippen LogP contribution in [0.15, 0.2) is 48.8 Å². The molecule has 0 radical (unpaired) electrons. The molecule has 27 heavy (non-hydrogen) atoms. The summed E-state index contributed by atoms with van der Waals surface area (Å²) in [5, 5.41) is 0. The molecular weight excluding hydrogens is 349 g/mol. The number of nitrogens with one attached hydrogen (secondary N) is 2. The van der Waals surface area contributed by atoms with Gasteiger partial charge in [0, 0.05) is 5.56 Å². The summed E-state index contributed by atoms with van der Waals surface area (Å²) in [6.07, 6.45) is 1.26. The maximum Gasteiger partial charge on any atom is 0.269 e. The van der Waals surface area contributed by atoms with Crippen LogP contribution in [0.5, 0.6) is 11.6 Å². The number of hydrogen-bond donors (Lipinski definition) is 3. The van der Waals surface area contributed by atoms with E-state index in [2.05, 4.69) is 20.8 Å². The first-order chi connectivity index (χ1) is 12.9. The number of rotatable bonds is 5. The number of aryl methyl sites for hydroxylation is 2. The molecule has 0 bridgehead atoms. The summed E-state index contributed by atoms with van der Waals surface area (Å²) < 4.78 is 18.7. The predicted molar refractivity (Wildman–Crippen MR) is 99.9 cm³/mol. The van der Waals surface area contributed by atoms with Crippen LogP contribution in [0, 0.1) is 19.7 Å². The maximum atomic E-state index is 12.9. The number of hydrogen-bond acceptors (Lipinski definition) is 6. The zero-order chi connectivity index (χ0) is 19.4. The first-order valence-corrected chi connectivity index (χ1v) is 8.11. The van der Waals surface area contributed by atoms with Gasteiger partial charge in [0.1, 0.15) is 23.6 Å². The zero-order valence-corrected chi connectivity index (χ0v) is 14.8. The molecule has 2 aromatic carbocycles. The molecule has 0 aliphatic rings. The number of nitrogens with zero attached hydrogens (tertiary/aromatic N) is 2. The van der Waals surface area contributed by atoms with E-state index in [1.165, 1.54) is 30.6 Å². The molecule has 1 heterocycles. The van der Waals surface area contributed by atoms with Gasteiger partial charge in [-0.3, -0.25) is 15.6 Å². The van der Waals surface area contributed by atoms with E-state index in [9.17, 15) is 9.18 Å². The monoisotopic (exact) mass is 367 g/mol. The Morgan fingerprint density at radius 1 is 1.07 bits per heavy atom. The molecular formula is C19H18FN5O2. The fourth-order valence-corrected chi connectivity index (χ4v) is 2.45. The highest BCUT2D eigenvalue weighted by atomic mass is 19.1. The fourth-order valence-electron chi connectivity index (χ4n) is 2.45. The highest BCUT2D eigenvalue weighted by Gasteiger charge is 2.12. The van der Waals surface area contributed by atoms with Crippen molar-refractivity contribution in [2.24, 2.45) is 0 Å². The van der Waals surface area contributed by atoms with Crippen LogP contribution in [0.3, 0.4) is 0 Å². The van der Waals surface area contributed by atoms with E-state index < -0.39 is 11.7 Å². The summed E-state index contributed by atoms with van der Waals surface area (Å²) in [5.41, 5.74) is 13.6. The van der Waals surface area contributed by atoms with Crippen LogP contribution in [-0.2, 0) is 0 Å². The Balaban J connectivity index is 1.72. The molecule has 3 aromatic rings. The van der Waals surface area contributed by atoms with Gasteiger partial charge in [0.2, 0.25) is 5.88 Å². The van der Waals surface area contributed by atoms with E-state index in [-0.39, 0.29) is 22.9 Å². The van der Waals surface area contributed by atoms with Crippen molar-refractivity contribution in [1.82, 2.24) is 15.4 Å². The van der Waals surface area contributed by atoms with Crippen LogP contribution in [-0.4, -0.2) is 15.9 Å². The molecule has 1 aromatic heterocycles. The number of amides is 1. The first kappa shape index (κ1) is 18.1. The van der Waals surface area contributed by atoms with E-state index in [0.29, 0.717) is 5.75 Å². The Morgan fingerprint density at radius 3 is 2.41 bits per heavy atom. The van der Waals surface area contributed by atoms with Crippen molar-refractivity contribution in [3.05, 3.63) is 71.3 Å². The van der Waals surface area contributed by atoms with E-state index in [0.717, 1.165) is 11.1 Å². The predicted octanol–water partition coefficient (Wildman–Crippen LogP) is 3.36. The van der Waals surface area contributed by atoms with Crippen molar-refractivity contribution >= 4 is 17.4 Å². The van der Waals surface area contributed by atoms with Gasteiger partial charge in [-0.15, -0.1) is 0 Å². The summed E-state index contributed by atoms with van der Waals surface area (Å²) in [6, 6.07) is 10.9. The molecule has 1 amide bonds. The third kappa shape index (κ3) is 4.49. The lowest BCUT2D eigenvalue weighted by atomic mass is 10.1. The minimum absolute atomic E-state index is 0.135. The van der Waals surface area contributed by atoms with Gasteiger partial charge in [-0.25, -0.2) is 9.37 Å². The smallest absolute Gasteiger partial charge is 0.269 e. The molecule has 4 N–H and O–H groups in total. The molecule has 0 fully saturated rings. The summed E-state index contributed by atoms with van der Waals surface area (Å²) >= 11 is 0. The van der Waals surface area contributed by atoms with Crippen molar-refractivity contribution < 1.29 is 13.9 Å². The number of carbonyl (C=O) groups is 1. The minimum atomic E-state index is -0.468. The van der Waals surface area contributed by atoms with Crippen molar-refractivity contribution in [3.8, 4) is 11.6 Å².